The average molecular weight is 1070 g/mol. The molecule has 0 aromatic rings. The van der Waals surface area contributed by atoms with Gasteiger partial charge in [-0.3, -0.25) is 14.4 Å². The normalized spacial score (nSPS) is 12.8. The standard InChI is InChI=1S/C70H136O6/c1-7-65(5)57-51-45-39-33-27-21-15-11-9-10-12-16-23-29-35-41-47-53-59-68(71)74-62-67(76-70(73)61-55-49-43-37-31-25-19-18-22-28-34-40-46-52-58-66(6)8-2)63-75-69(72)60-54-48-42-36-30-24-17-13-14-20-26-32-38-44-50-56-64(3)4/h64-67H,7-63H2,1-6H3/t65?,66?,67-/m1/s1. The summed E-state index contributed by atoms with van der Waals surface area (Å²) in [6.45, 7) is 13.9. The number of rotatable bonds is 63. The lowest BCUT2D eigenvalue weighted by Crippen LogP contribution is -2.30. The van der Waals surface area contributed by atoms with Crippen LogP contribution in [-0.2, 0) is 28.6 Å². The first kappa shape index (κ1) is 74.4. The molecule has 0 aliphatic heterocycles. The third kappa shape index (κ3) is 60.1. The monoisotopic (exact) mass is 1070 g/mol. The molecule has 0 aliphatic rings. The molecule has 0 aromatic heterocycles. The fourth-order valence-electron chi connectivity index (χ4n) is 10.9. The number of ether oxygens (including phenoxy) is 3. The Balaban J connectivity index is 4.28. The minimum absolute atomic E-state index is 0.0620. The Labute approximate surface area is 476 Å². The fraction of sp³-hybridized carbons (Fsp3) is 0.957. The fourth-order valence-corrected chi connectivity index (χ4v) is 10.9. The van der Waals surface area contributed by atoms with Gasteiger partial charge in [0.2, 0.25) is 0 Å². The SMILES string of the molecule is CCC(C)CCCCCCCCCCCCCCCCCCCCC(=O)OC[C@H](COC(=O)CCCCCCCCCCCCCCCCCC(C)C)OC(=O)CCCCCCCCCCCCCCCCC(C)CC. The first-order valence-electron chi connectivity index (χ1n) is 34.7. The molecule has 452 valence electrons. The van der Waals surface area contributed by atoms with Gasteiger partial charge in [0.25, 0.3) is 0 Å². The quantitative estimate of drug-likeness (QED) is 0.0343. The summed E-state index contributed by atoms with van der Waals surface area (Å²) in [5.41, 5.74) is 0. The van der Waals surface area contributed by atoms with E-state index in [4.69, 9.17) is 14.2 Å². The summed E-state index contributed by atoms with van der Waals surface area (Å²) in [7, 11) is 0. The van der Waals surface area contributed by atoms with Crippen molar-refractivity contribution in [2.45, 2.75) is 401 Å². The smallest absolute Gasteiger partial charge is 0.306 e. The number of esters is 3. The molecule has 2 unspecified atom stereocenters. The van der Waals surface area contributed by atoms with E-state index in [1.165, 1.54) is 276 Å². The second kappa shape index (κ2) is 61.0. The Morgan fingerprint density at radius 3 is 0.684 bits per heavy atom. The third-order valence-corrected chi connectivity index (χ3v) is 16.9. The minimum Gasteiger partial charge on any atom is -0.462 e. The van der Waals surface area contributed by atoms with Crippen LogP contribution in [0.15, 0.2) is 0 Å². The van der Waals surface area contributed by atoms with Crippen molar-refractivity contribution in [3.8, 4) is 0 Å². The van der Waals surface area contributed by atoms with Gasteiger partial charge in [-0.1, -0.05) is 356 Å². The molecule has 6 heteroatoms. The molecule has 0 bridgehead atoms. The van der Waals surface area contributed by atoms with Gasteiger partial charge < -0.3 is 14.2 Å². The molecule has 0 fully saturated rings. The maximum atomic E-state index is 12.9. The zero-order valence-electron chi connectivity index (χ0n) is 52.6. The van der Waals surface area contributed by atoms with E-state index in [0.29, 0.717) is 19.3 Å². The molecule has 0 rings (SSSR count). The summed E-state index contributed by atoms with van der Waals surface area (Å²) in [6, 6.07) is 0. The van der Waals surface area contributed by atoms with Gasteiger partial charge in [-0.05, 0) is 37.0 Å². The molecule has 0 radical (unpaired) electrons. The van der Waals surface area contributed by atoms with Crippen LogP contribution < -0.4 is 0 Å². The van der Waals surface area contributed by atoms with Crippen molar-refractivity contribution in [1.29, 1.82) is 0 Å². The molecule has 6 nitrogen and oxygen atoms in total. The highest BCUT2D eigenvalue weighted by Crippen LogP contribution is 2.20. The van der Waals surface area contributed by atoms with E-state index in [0.717, 1.165) is 75.5 Å². The number of hydrogen-bond donors (Lipinski definition) is 0. The highest BCUT2D eigenvalue weighted by molar-refractivity contribution is 5.71. The minimum atomic E-state index is -0.765. The van der Waals surface area contributed by atoms with Crippen LogP contribution in [-0.4, -0.2) is 37.2 Å². The molecule has 3 atom stereocenters. The van der Waals surface area contributed by atoms with Crippen LogP contribution in [0.1, 0.15) is 395 Å². The number of carbonyl (C=O) groups excluding carboxylic acids is 3. The lowest BCUT2D eigenvalue weighted by atomic mass is 9.99. The van der Waals surface area contributed by atoms with Crippen LogP contribution in [0.5, 0.6) is 0 Å². The Morgan fingerprint density at radius 2 is 0.461 bits per heavy atom. The summed E-state index contributed by atoms with van der Waals surface area (Å²) < 4.78 is 17.0. The van der Waals surface area contributed by atoms with E-state index in [1.807, 2.05) is 0 Å². The molecule has 0 spiro atoms. The van der Waals surface area contributed by atoms with Gasteiger partial charge in [0.15, 0.2) is 6.10 Å². The molecule has 0 saturated heterocycles. The summed E-state index contributed by atoms with van der Waals surface area (Å²) in [5.74, 6) is 1.82. The molecular formula is C70H136O6. The average Bonchev–Trinajstić information content (AvgIpc) is 3.41. The number of hydrogen-bond acceptors (Lipinski definition) is 6. The molecule has 0 saturated carbocycles. The molecular weight excluding hydrogens is 937 g/mol. The third-order valence-electron chi connectivity index (χ3n) is 16.9. The van der Waals surface area contributed by atoms with E-state index in [1.54, 1.807) is 0 Å². The van der Waals surface area contributed by atoms with Gasteiger partial charge in [0, 0.05) is 19.3 Å². The van der Waals surface area contributed by atoms with Crippen LogP contribution in [0.2, 0.25) is 0 Å². The second-order valence-corrected chi connectivity index (χ2v) is 25.1. The largest absolute Gasteiger partial charge is 0.462 e. The first-order valence-corrected chi connectivity index (χ1v) is 34.7. The molecule has 0 amide bonds. The van der Waals surface area contributed by atoms with Gasteiger partial charge in [-0.15, -0.1) is 0 Å². The van der Waals surface area contributed by atoms with Crippen LogP contribution >= 0.6 is 0 Å². The van der Waals surface area contributed by atoms with E-state index < -0.39 is 6.10 Å². The van der Waals surface area contributed by atoms with Crippen molar-refractivity contribution in [1.82, 2.24) is 0 Å². The molecule has 0 heterocycles. The Bertz CT molecular complexity index is 1180. The second-order valence-electron chi connectivity index (χ2n) is 25.1. The summed E-state index contributed by atoms with van der Waals surface area (Å²) in [4.78, 5) is 38.4. The topological polar surface area (TPSA) is 78.9 Å². The van der Waals surface area contributed by atoms with Gasteiger partial charge in [0.05, 0.1) is 0 Å². The summed E-state index contributed by atoms with van der Waals surface area (Å²) in [5, 5.41) is 0. The Kier molecular flexibility index (Phi) is 59.8. The van der Waals surface area contributed by atoms with Crippen molar-refractivity contribution in [2.75, 3.05) is 13.2 Å². The Morgan fingerprint density at radius 1 is 0.263 bits per heavy atom. The van der Waals surface area contributed by atoms with Gasteiger partial charge in [-0.2, -0.15) is 0 Å². The highest BCUT2D eigenvalue weighted by Gasteiger charge is 2.20. The van der Waals surface area contributed by atoms with Gasteiger partial charge in [0.1, 0.15) is 13.2 Å². The maximum absolute atomic E-state index is 12.9. The highest BCUT2D eigenvalue weighted by atomic mass is 16.6. The summed E-state index contributed by atoms with van der Waals surface area (Å²) in [6.07, 6.45) is 68.1. The van der Waals surface area contributed by atoms with Crippen molar-refractivity contribution in [2.24, 2.45) is 17.8 Å². The van der Waals surface area contributed by atoms with Gasteiger partial charge in [-0.25, -0.2) is 0 Å². The van der Waals surface area contributed by atoms with Crippen molar-refractivity contribution in [3.63, 3.8) is 0 Å². The number of unbranched alkanes of at least 4 members (excludes halogenated alkanes) is 44. The summed E-state index contributed by atoms with van der Waals surface area (Å²) >= 11 is 0. The number of carbonyl (C=O) groups is 3. The van der Waals surface area contributed by atoms with Crippen LogP contribution in [0.3, 0.4) is 0 Å². The lowest BCUT2D eigenvalue weighted by Gasteiger charge is -2.18. The van der Waals surface area contributed by atoms with Crippen molar-refractivity contribution >= 4 is 17.9 Å². The van der Waals surface area contributed by atoms with E-state index in [2.05, 4.69) is 41.5 Å². The van der Waals surface area contributed by atoms with Crippen molar-refractivity contribution in [3.05, 3.63) is 0 Å². The van der Waals surface area contributed by atoms with E-state index >= 15 is 0 Å². The van der Waals surface area contributed by atoms with Crippen LogP contribution in [0.25, 0.3) is 0 Å². The van der Waals surface area contributed by atoms with E-state index in [9.17, 15) is 14.4 Å². The van der Waals surface area contributed by atoms with Crippen LogP contribution in [0.4, 0.5) is 0 Å². The maximum Gasteiger partial charge on any atom is 0.306 e. The predicted octanol–water partition coefficient (Wildman–Crippen LogP) is 23.4. The van der Waals surface area contributed by atoms with E-state index in [-0.39, 0.29) is 31.1 Å². The Hall–Kier alpha value is -1.59. The first-order chi connectivity index (χ1) is 37.2. The zero-order chi connectivity index (χ0) is 55.5. The molecule has 76 heavy (non-hydrogen) atoms. The molecule has 0 N–H and O–H groups in total. The van der Waals surface area contributed by atoms with Gasteiger partial charge >= 0.3 is 17.9 Å². The van der Waals surface area contributed by atoms with Crippen LogP contribution in [0, 0.1) is 17.8 Å². The lowest BCUT2D eigenvalue weighted by molar-refractivity contribution is -0.167. The van der Waals surface area contributed by atoms with Crippen molar-refractivity contribution < 1.29 is 28.6 Å². The molecule has 0 aliphatic carbocycles. The predicted molar refractivity (Wildman–Crippen MR) is 330 cm³/mol. The molecule has 0 aromatic carbocycles. The zero-order valence-corrected chi connectivity index (χ0v) is 52.6.